The minimum atomic E-state index is -5.01. The number of carbonyl (C=O) groups is 2. The molecule has 1 fully saturated rings. The van der Waals surface area contributed by atoms with E-state index >= 15 is 0 Å². The van der Waals surface area contributed by atoms with Gasteiger partial charge in [0.05, 0.1) is 5.56 Å². The molecule has 1 saturated heterocycles. The Morgan fingerprint density at radius 3 is 2.57 bits per heavy atom. The Balaban J connectivity index is 1.69. The summed E-state index contributed by atoms with van der Waals surface area (Å²) in [6.07, 6.45) is -0.468. The quantitative estimate of drug-likeness (QED) is 0.757. The fourth-order valence-electron chi connectivity index (χ4n) is 3.61. The van der Waals surface area contributed by atoms with E-state index < -0.39 is 18.1 Å². The Hall–Kier alpha value is -2.62. The number of nitrogens with zero attached hydrogens (tertiary/aromatic N) is 3. The first-order valence-corrected chi connectivity index (χ1v) is 9.13. The number of alkyl halides is 3. The van der Waals surface area contributed by atoms with Crippen molar-refractivity contribution in [2.24, 2.45) is 5.73 Å². The smallest absolute Gasteiger partial charge is 0.366 e. The molecule has 1 aromatic heterocycles. The highest BCUT2D eigenvalue weighted by Gasteiger charge is 2.48. The number of aromatic nitrogens is 2. The number of rotatable bonds is 6. The van der Waals surface area contributed by atoms with Gasteiger partial charge < -0.3 is 5.73 Å². The Morgan fingerprint density at radius 2 is 1.93 bits per heavy atom. The predicted molar refractivity (Wildman–Crippen MR) is 93.7 cm³/mol. The van der Waals surface area contributed by atoms with E-state index in [1.807, 2.05) is 0 Å². The van der Waals surface area contributed by atoms with Gasteiger partial charge in [0.25, 0.3) is 5.91 Å². The average Bonchev–Trinajstić information content (AvgIpc) is 3.04. The maximum Gasteiger partial charge on any atom is 0.497 e. The van der Waals surface area contributed by atoms with Gasteiger partial charge in [0.2, 0.25) is 0 Å². The summed E-state index contributed by atoms with van der Waals surface area (Å²) in [5, 5.41) is 5.11. The molecule has 1 amide bonds. The van der Waals surface area contributed by atoms with Gasteiger partial charge in [-0.15, -0.1) is 4.65 Å². The largest absolute Gasteiger partial charge is 0.497 e. The number of fused-ring (bicyclic) bond motifs is 1. The van der Waals surface area contributed by atoms with E-state index in [4.69, 9.17) is 10.6 Å². The molecular formula is C18H22F3N4O3+. The molecule has 152 valence electrons. The Kier molecular flexibility index (Phi) is 5.59. The summed E-state index contributed by atoms with van der Waals surface area (Å²) in [7, 11) is 0. The highest BCUT2D eigenvalue weighted by molar-refractivity contribution is 6.04. The van der Waals surface area contributed by atoms with Crippen LogP contribution in [0.2, 0.25) is 0 Å². The molecule has 1 aromatic carbocycles. The molecule has 2 heterocycles. The molecule has 7 nitrogen and oxygen atoms in total. The van der Waals surface area contributed by atoms with Crippen LogP contribution in [-0.2, 0) is 16.2 Å². The number of piperidine rings is 1. The second-order valence-electron chi connectivity index (χ2n) is 7.02. The number of nitrogens with two attached hydrogens (primary N) is 1. The van der Waals surface area contributed by atoms with Gasteiger partial charge in [-0.05, 0) is 12.5 Å². The van der Waals surface area contributed by atoms with Crippen LogP contribution in [-0.4, -0.2) is 52.1 Å². The second kappa shape index (κ2) is 7.78. The Bertz CT molecular complexity index is 873. The van der Waals surface area contributed by atoms with Crippen LogP contribution in [0.1, 0.15) is 36.0 Å². The van der Waals surface area contributed by atoms with E-state index in [0.29, 0.717) is 50.0 Å². The van der Waals surface area contributed by atoms with Crippen LogP contribution < -0.4 is 5.73 Å². The molecular weight excluding hydrogens is 377 g/mol. The monoisotopic (exact) mass is 399 g/mol. The van der Waals surface area contributed by atoms with E-state index in [2.05, 4.69) is 5.10 Å². The number of hydrogen-bond donors (Lipinski definition) is 1. The van der Waals surface area contributed by atoms with Crippen molar-refractivity contribution >= 4 is 22.8 Å². The van der Waals surface area contributed by atoms with Crippen molar-refractivity contribution in [3.05, 3.63) is 30.0 Å². The van der Waals surface area contributed by atoms with Crippen molar-refractivity contribution < 1.29 is 32.2 Å². The zero-order valence-corrected chi connectivity index (χ0v) is 15.2. The van der Waals surface area contributed by atoms with E-state index in [-0.39, 0.29) is 11.2 Å². The van der Waals surface area contributed by atoms with E-state index in [9.17, 15) is 22.8 Å². The number of benzene rings is 1. The van der Waals surface area contributed by atoms with Crippen LogP contribution in [0, 0.1) is 0 Å². The topological polar surface area (TPSA) is 87.2 Å². The van der Waals surface area contributed by atoms with Crippen molar-refractivity contribution in [1.29, 1.82) is 0 Å². The number of primary amides is 1. The van der Waals surface area contributed by atoms with Crippen LogP contribution >= 0.6 is 0 Å². The third-order valence-corrected chi connectivity index (χ3v) is 4.94. The first-order valence-electron chi connectivity index (χ1n) is 9.13. The minimum Gasteiger partial charge on any atom is -0.366 e. The fraction of sp³-hybridized carbons (Fsp3) is 0.500. The lowest BCUT2D eigenvalue weighted by Gasteiger charge is -2.37. The molecule has 0 unspecified atom stereocenters. The molecule has 0 radical (unpaired) electrons. The predicted octanol–water partition coefficient (Wildman–Crippen LogP) is 2.55. The normalized spacial score (nSPS) is 16.8. The molecule has 1 aliphatic heterocycles. The SMILES string of the molecule is NC(=O)c1cccc2cn(CCC[N+]3(OC(=O)C(F)(F)F)CCCCC3)nc12. The van der Waals surface area contributed by atoms with Gasteiger partial charge in [-0.3, -0.25) is 14.3 Å². The molecule has 3 rings (SSSR count). The summed E-state index contributed by atoms with van der Waals surface area (Å²) in [5.41, 5.74) is 6.16. The average molecular weight is 399 g/mol. The molecule has 0 spiro atoms. The van der Waals surface area contributed by atoms with Crippen LogP contribution in [0.15, 0.2) is 24.4 Å². The zero-order valence-electron chi connectivity index (χ0n) is 15.2. The first-order chi connectivity index (χ1) is 13.2. The number of halogens is 3. The van der Waals surface area contributed by atoms with E-state index in [1.165, 1.54) is 0 Å². The fourth-order valence-corrected chi connectivity index (χ4v) is 3.61. The van der Waals surface area contributed by atoms with Gasteiger partial charge in [0.15, 0.2) is 0 Å². The molecule has 0 saturated carbocycles. The van der Waals surface area contributed by atoms with Crippen LogP contribution in [0.5, 0.6) is 0 Å². The number of hydrogen-bond acceptors (Lipinski definition) is 4. The van der Waals surface area contributed by atoms with Gasteiger partial charge in [0, 0.05) is 37.4 Å². The number of carbonyl (C=O) groups excluding carboxylic acids is 2. The molecule has 28 heavy (non-hydrogen) atoms. The lowest BCUT2D eigenvalue weighted by atomic mass is 10.1. The summed E-state index contributed by atoms with van der Waals surface area (Å²) < 4.78 is 39.3. The molecule has 0 bridgehead atoms. The Morgan fingerprint density at radius 1 is 1.21 bits per heavy atom. The van der Waals surface area contributed by atoms with Gasteiger partial charge in [0.1, 0.15) is 25.2 Å². The molecule has 2 aromatic rings. The van der Waals surface area contributed by atoms with E-state index in [1.54, 1.807) is 29.1 Å². The molecule has 10 heteroatoms. The van der Waals surface area contributed by atoms with E-state index in [0.717, 1.165) is 11.8 Å². The minimum absolute atomic E-state index is 0.265. The van der Waals surface area contributed by atoms with Crippen molar-refractivity contribution in [3.8, 4) is 0 Å². The highest BCUT2D eigenvalue weighted by Crippen LogP contribution is 2.26. The third kappa shape index (κ3) is 4.44. The number of likely N-dealkylation sites (tertiary alicyclic amines) is 1. The van der Waals surface area contributed by atoms with Gasteiger partial charge in [-0.1, -0.05) is 12.1 Å². The number of amides is 1. The first kappa shape index (κ1) is 20.1. The number of quaternary nitrogens is 1. The maximum absolute atomic E-state index is 12.6. The Labute approximate surface area is 159 Å². The summed E-state index contributed by atoms with van der Waals surface area (Å²) in [5.74, 6) is -2.72. The molecule has 0 aliphatic carbocycles. The summed E-state index contributed by atoms with van der Waals surface area (Å²) in [6.45, 7) is 1.42. The highest BCUT2D eigenvalue weighted by atomic mass is 19.4. The van der Waals surface area contributed by atoms with Crippen molar-refractivity contribution in [3.63, 3.8) is 0 Å². The second-order valence-corrected chi connectivity index (χ2v) is 7.02. The maximum atomic E-state index is 12.6. The third-order valence-electron chi connectivity index (χ3n) is 4.94. The standard InChI is InChI=1S/C18H21F3N4O3/c19-18(20,21)17(27)28-25(9-2-1-3-10-25)11-5-8-24-12-13-6-4-7-14(16(22)26)15(13)23-24/h4,6-7,12H,1-3,5,8-11H2,(H-,22,26)/p+1. The molecule has 2 N–H and O–H groups in total. The summed E-state index contributed by atoms with van der Waals surface area (Å²) >= 11 is 0. The van der Waals surface area contributed by atoms with Gasteiger partial charge in [-0.25, -0.2) is 4.79 Å². The lowest BCUT2D eigenvalue weighted by Crippen LogP contribution is -2.55. The van der Waals surface area contributed by atoms with Gasteiger partial charge >= 0.3 is 12.1 Å². The van der Waals surface area contributed by atoms with Gasteiger partial charge in [-0.2, -0.15) is 18.3 Å². The summed E-state index contributed by atoms with van der Waals surface area (Å²) in [4.78, 5) is 27.7. The number of hydroxylamine groups is 3. The summed E-state index contributed by atoms with van der Waals surface area (Å²) in [6, 6.07) is 5.10. The van der Waals surface area contributed by atoms with Crippen LogP contribution in [0.4, 0.5) is 13.2 Å². The zero-order chi connectivity index (χ0) is 20.4. The lowest BCUT2D eigenvalue weighted by molar-refractivity contribution is -1.09. The number of aryl methyl sites for hydroxylation is 1. The molecule has 1 aliphatic rings. The van der Waals surface area contributed by atoms with Crippen LogP contribution in [0.25, 0.3) is 10.9 Å². The van der Waals surface area contributed by atoms with Crippen LogP contribution in [0.3, 0.4) is 0 Å². The van der Waals surface area contributed by atoms with Crippen molar-refractivity contribution in [1.82, 2.24) is 9.78 Å². The molecule has 0 atom stereocenters. The van der Waals surface area contributed by atoms with Crippen molar-refractivity contribution in [2.75, 3.05) is 19.6 Å². The van der Waals surface area contributed by atoms with Crippen molar-refractivity contribution in [2.45, 2.75) is 38.4 Å².